The van der Waals surface area contributed by atoms with Crippen LogP contribution < -0.4 is 5.56 Å². The molecule has 1 aromatic heterocycles. The highest BCUT2D eigenvalue weighted by atomic mass is 16.5. The average molecular weight is 302 g/mol. The number of fused-ring (bicyclic) bond motifs is 2. The maximum absolute atomic E-state index is 13.1. The van der Waals surface area contributed by atoms with Crippen LogP contribution in [-0.4, -0.2) is 41.1 Å². The Labute approximate surface area is 129 Å². The van der Waals surface area contributed by atoms with Gasteiger partial charge in [0.1, 0.15) is 0 Å². The van der Waals surface area contributed by atoms with Crippen molar-refractivity contribution in [1.29, 1.82) is 0 Å². The molecule has 118 valence electrons. The fourth-order valence-electron chi connectivity index (χ4n) is 4.27. The van der Waals surface area contributed by atoms with Crippen LogP contribution in [0, 0.1) is 0 Å². The molecule has 2 atom stereocenters. The largest absolute Gasteiger partial charge is 0.374 e. The van der Waals surface area contributed by atoms with Crippen molar-refractivity contribution in [3.05, 3.63) is 33.2 Å². The van der Waals surface area contributed by atoms with E-state index in [2.05, 4.69) is 4.98 Å². The number of aryl methyl sites for hydroxylation is 1. The lowest BCUT2D eigenvalue weighted by molar-refractivity contribution is -0.0445. The summed E-state index contributed by atoms with van der Waals surface area (Å²) in [4.78, 5) is 29.9. The lowest BCUT2D eigenvalue weighted by Crippen LogP contribution is -2.51. The van der Waals surface area contributed by atoms with E-state index in [4.69, 9.17) is 4.74 Å². The van der Waals surface area contributed by atoms with Gasteiger partial charge in [-0.2, -0.15) is 0 Å². The molecule has 1 saturated carbocycles. The molecule has 0 radical (unpaired) electrons. The Balaban J connectivity index is 1.70. The van der Waals surface area contributed by atoms with Crippen molar-refractivity contribution < 1.29 is 9.53 Å². The van der Waals surface area contributed by atoms with Gasteiger partial charge in [0, 0.05) is 23.9 Å². The first-order valence-corrected chi connectivity index (χ1v) is 8.41. The van der Waals surface area contributed by atoms with Crippen LogP contribution in [0.2, 0.25) is 0 Å². The Morgan fingerprint density at radius 2 is 2.09 bits per heavy atom. The van der Waals surface area contributed by atoms with E-state index in [1.165, 1.54) is 6.07 Å². The summed E-state index contributed by atoms with van der Waals surface area (Å²) in [5.41, 5.74) is 2.52. The number of pyridine rings is 1. The Hall–Kier alpha value is -1.62. The van der Waals surface area contributed by atoms with Gasteiger partial charge in [0.2, 0.25) is 5.56 Å². The maximum Gasteiger partial charge on any atom is 0.254 e. The quantitative estimate of drug-likeness (QED) is 0.858. The van der Waals surface area contributed by atoms with Crippen LogP contribution in [0.1, 0.15) is 53.7 Å². The predicted octanol–water partition coefficient (Wildman–Crippen LogP) is 1.65. The number of hydrogen-bond donors (Lipinski definition) is 1. The fraction of sp³-hybridized carbons (Fsp3) is 0.647. The molecule has 5 nitrogen and oxygen atoms in total. The normalized spacial score (nSPS) is 27.4. The second kappa shape index (κ2) is 5.54. The second-order valence-electron chi connectivity index (χ2n) is 6.62. The zero-order valence-corrected chi connectivity index (χ0v) is 12.8. The molecule has 1 amide bonds. The third-order valence-corrected chi connectivity index (χ3v) is 5.32. The molecule has 0 spiro atoms. The maximum atomic E-state index is 13.1. The van der Waals surface area contributed by atoms with Gasteiger partial charge in [0.15, 0.2) is 0 Å². The Bertz CT molecular complexity index is 652. The van der Waals surface area contributed by atoms with Crippen LogP contribution in [0.25, 0.3) is 0 Å². The lowest BCUT2D eigenvalue weighted by Gasteiger charge is -2.38. The van der Waals surface area contributed by atoms with Crippen LogP contribution >= 0.6 is 0 Å². The van der Waals surface area contributed by atoms with E-state index >= 15 is 0 Å². The number of aromatic amines is 1. The number of rotatable bonds is 1. The molecule has 0 bridgehead atoms. The Morgan fingerprint density at radius 1 is 1.23 bits per heavy atom. The zero-order valence-electron chi connectivity index (χ0n) is 12.8. The van der Waals surface area contributed by atoms with E-state index in [1.807, 2.05) is 4.90 Å². The number of carbonyl (C=O) groups is 1. The summed E-state index contributed by atoms with van der Waals surface area (Å²) < 4.78 is 5.79. The first-order chi connectivity index (χ1) is 10.7. The third kappa shape index (κ3) is 2.28. The van der Waals surface area contributed by atoms with Crippen LogP contribution in [0.4, 0.5) is 0 Å². The van der Waals surface area contributed by atoms with E-state index < -0.39 is 0 Å². The van der Waals surface area contributed by atoms with Gasteiger partial charge >= 0.3 is 0 Å². The molecule has 1 N–H and O–H groups in total. The summed E-state index contributed by atoms with van der Waals surface area (Å²) in [6.07, 6.45) is 7.32. The number of nitrogens with one attached hydrogen (secondary N) is 1. The molecule has 0 unspecified atom stereocenters. The van der Waals surface area contributed by atoms with E-state index in [-0.39, 0.29) is 23.6 Å². The molecule has 2 fully saturated rings. The molecule has 1 saturated heterocycles. The molecule has 1 aromatic rings. The Morgan fingerprint density at radius 3 is 3.00 bits per heavy atom. The van der Waals surface area contributed by atoms with Crippen molar-refractivity contribution in [1.82, 2.24) is 9.88 Å². The molecule has 22 heavy (non-hydrogen) atoms. The number of amides is 1. The summed E-state index contributed by atoms with van der Waals surface area (Å²) in [6, 6.07) is 1.70. The van der Waals surface area contributed by atoms with Crippen LogP contribution in [0.5, 0.6) is 0 Å². The highest BCUT2D eigenvalue weighted by Crippen LogP contribution is 2.31. The van der Waals surface area contributed by atoms with Gasteiger partial charge in [-0.05, 0) is 50.5 Å². The Kier molecular flexibility index (Phi) is 3.53. The lowest BCUT2D eigenvalue weighted by atomic mass is 9.91. The SMILES string of the molecule is O=C(c1cc(=O)[nH]c2c1CCCC2)N1CCO[C@@H]2CCC[C@@H]21. The molecular weight excluding hydrogens is 280 g/mol. The molecule has 0 aromatic carbocycles. The highest BCUT2D eigenvalue weighted by Gasteiger charge is 2.39. The minimum Gasteiger partial charge on any atom is -0.374 e. The molecular formula is C17H22N2O3. The zero-order chi connectivity index (χ0) is 15.1. The smallest absolute Gasteiger partial charge is 0.254 e. The van der Waals surface area contributed by atoms with Crippen LogP contribution in [0.3, 0.4) is 0 Å². The van der Waals surface area contributed by atoms with Crippen molar-refractivity contribution in [3.63, 3.8) is 0 Å². The van der Waals surface area contributed by atoms with Gasteiger partial charge in [0.05, 0.1) is 18.8 Å². The number of morpholine rings is 1. The van der Waals surface area contributed by atoms with Crippen molar-refractivity contribution in [3.8, 4) is 0 Å². The van der Waals surface area contributed by atoms with Gasteiger partial charge in [0.25, 0.3) is 5.91 Å². The van der Waals surface area contributed by atoms with E-state index in [0.717, 1.165) is 56.2 Å². The third-order valence-electron chi connectivity index (χ3n) is 5.32. The van der Waals surface area contributed by atoms with Crippen molar-refractivity contribution in [2.24, 2.45) is 0 Å². The number of aromatic nitrogens is 1. The van der Waals surface area contributed by atoms with Gasteiger partial charge < -0.3 is 14.6 Å². The van der Waals surface area contributed by atoms with E-state index in [1.54, 1.807) is 0 Å². The number of ether oxygens (including phenoxy) is 1. The van der Waals surface area contributed by atoms with Crippen molar-refractivity contribution >= 4 is 5.91 Å². The molecule has 5 heteroatoms. The first-order valence-electron chi connectivity index (χ1n) is 8.41. The summed E-state index contributed by atoms with van der Waals surface area (Å²) in [5, 5.41) is 0. The molecule has 2 heterocycles. The van der Waals surface area contributed by atoms with Gasteiger partial charge in [-0.15, -0.1) is 0 Å². The second-order valence-corrected chi connectivity index (χ2v) is 6.62. The predicted molar refractivity (Wildman–Crippen MR) is 82.1 cm³/mol. The summed E-state index contributed by atoms with van der Waals surface area (Å²) in [5.74, 6) is 0.0319. The minimum absolute atomic E-state index is 0.0319. The minimum atomic E-state index is -0.153. The van der Waals surface area contributed by atoms with Crippen LogP contribution in [-0.2, 0) is 17.6 Å². The molecule has 1 aliphatic heterocycles. The van der Waals surface area contributed by atoms with Crippen molar-refractivity contribution in [2.45, 2.75) is 57.1 Å². The molecule has 4 rings (SSSR count). The highest BCUT2D eigenvalue weighted by molar-refractivity contribution is 5.96. The average Bonchev–Trinajstić information content (AvgIpc) is 3.02. The molecule has 3 aliphatic rings. The number of H-pyrrole nitrogens is 1. The number of nitrogens with zero attached hydrogens (tertiary/aromatic N) is 1. The van der Waals surface area contributed by atoms with Gasteiger partial charge in [-0.3, -0.25) is 9.59 Å². The van der Waals surface area contributed by atoms with E-state index in [0.29, 0.717) is 18.7 Å². The summed E-state index contributed by atoms with van der Waals surface area (Å²) >= 11 is 0. The fourth-order valence-corrected chi connectivity index (χ4v) is 4.27. The summed E-state index contributed by atoms with van der Waals surface area (Å²) in [7, 11) is 0. The van der Waals surface area contributed by atoms with E-state index in [9.17, 15) is 9.59 Å². The van der Waals surface area contributed by atoms with Gasteiger partial charge in [-0.25, -0.2) is 0 Å². The first kappa shape index (κ1) is 14.0. The molecule has 2 aliphatic carbocycles. The topological polar surface area (TPSA) is 62.4 Å². The monoisotopic (exact) mass is 302 g/mol. The standard InChI is InChI=1S/C17H22N2O3/c20-16-10-12(11-4-1-2-5-13(11)18-16)17(21)19-8-9-22-15-7-3-6-14(15)19/h10,14-15H,1-9H2,(H,18,20)/t14-,15+/m0/s1. The number of carbonyl (C=O) groups excluding carboxylic acids is 1. The van der Waals surface area contributed by atoms with Crippen molar-refractivity contribution in [2.75, 3.05) is 13.2 Å². The van der Waals surface area contributed by atoms with Gasteiger partial charge in [-0.1, -0.05) is 0 Å². The van der Waals surface area contributed by atoms with Crippen LogP contribution in [0.15, 0.2) is 10.9 Å². The number of hydrogen-bond acceptors (Lipinski definition) is 3. The summed E-state index contributed by atoms with van der Waals surface area (Å²) in [6.45, 7) is 1.25.